The van der Waals surface area contributed by atoms with E-state index in [0.29, 0.717) is 18.0 Å². The molecule has 144 valence electrons. The van der Waals surface area contributed by atoms with Crippen LogP contribution in [0.1, 0.15) is 25.0 Å². The molecule has 0 bridgehead atoms. The summed E-state index contributed by atoms with van der Waals surface area (Å²) in [5.41, 5.74) is 3.71. The topological polar surface area (TPSA) is 67.4 Å². The van der Waals surface area contributed by atoms with Crippen molar-refractivity contribution in [3.05, 3.63) is 53.6 Å². The lowest BCUT2D eigenvalue weighted by atomic mass is 10.1. The van der Waals surface area contributed by atoms with Gasteiger partial charge in [0, 0.05) is 5.69 Å². The van der Waals surface area contributed by atoms with Gasteiger partial charge < -0.3 is 15.4 Å². The van der Waals surface area contributed by atoms with Gasteiger partial charge in [-0.05, 0) is 63.1 Å². The van der Waals surface area contributed by atoms with Crippen molar-refractivity contribution in [2.75, 3.05) is 23.0 Å². The average Bonchev–Trinajstić information content (AvgIpc) is 2.64. The molecule has 0 saturated heterocycles. The van der Waals surface area contributed by atoms with Crippen LogP contribution in [0.5, 0.6) is 5.75 Å². The van der Waals surface area contributed by atoms with Crippen LogP contribution in [0.2, 0.25) is 0 Å². The van der Waals surface area contributed by atoms with Crippen LogP contribution in [0, 0.1) is 13.8 Å². The predicted molar refractivity (Wildman–Crippen MR) is 113 cm³/mol. The summed E-state index contributed by atoms with van der Waals surface area (Å²) in [5.74, 6) is 0.552. The van der Waals surface area contributed by atoms with E-state index in [-0.39, 0.29) is 22.8 Å². The van der Waals surface area contributed by atoms with E-state index in [0.717, 1.165) is 11.3 Å². The van der Waals surface area contributed by atoms with Gasteiger partial charge in [-0.3, -0.25) is 9.59 Å². The van der Waals surface area contributed by atoms with Crippen molar-refractivity contribution in [3.63, 3.8) is 0 Å². The third kappa shape index (κ3) is 6.32. The number of rotatable bonds is 8. The van der Waals surface area contributed by atoms with Crippen LogP contribution < -0.4 is 15.4 Å². The van der Waals surface area contributed by atoms with Gasteiger partial charge in [0.15, 0.2) is 0 Å². The maximum atomic E-state index is 12.4. The van der Waals surface area contributed by atoms with Crippen molar-refractivity contribution in [1.29, 1.82) is 0 Å². The van der Waals surface area contributed by atoms with E-state index in [1.165, 1.54) is 17.3 Å². The Morgan fingerprint density at radius 3 is 2.52 bits per heavy atom. The fourth-order valence-corrected chi connectivity index (χ4v) is 3.06. The number of anilines is 2. The van der Waals surface area contributed by atoms with Gasteiger partial charge in [0.25, 0.3) is 0 Å². The molecule has 0 spiro atoms. The lowest BCUT2D eigenvalue weighted by molar-refractivity contribution is -0.115. The van der Waals surface area contributed by atoms with Gasteiger partial charge in [0.1, 0.15) is 5.75 Å². The predicted octanol–water partition coefficient (Wildman–Crippen LogP) is 4.40. The first kappa shape index (κ1) is 20.8. The van der Waals surface area contributed by atoms with E-state index in [1.54, 1.807) is 13.0 Å². The number of nitrogens with one attached hydrogen (secondary N) is 2. The molecule has 0 aliphatic carbocycles. The number of benzene rings is 2. The maximum Gasteiger partial charge on any atom is 0.237 e. The molecule has 1 atom stereocenters. The van der Waals surface area contributed by atoms with Crippen molar-refractivity contribution in [2.45, 2.75) is 32.9 Å². The van der Waals surface area contributed by atoms with Crippen molar-refractivity contribution < 1.29 is 14.3 Å². The van der Waals surface area contributed by atoms with Gasteiger partial charge in [-0.2, -0.15) is 0 Å². The molecule has 0 fully saturated rings. The van der Waals surface area contributed by atoms with E-state index in [1.807, 2.05) is 57.2 Å². The zero-order chi connectivity index (χ0) is 19.8. The van der Waals surface area contributed by atoms with Gasteiger partial charge in [0.05, 0.1) is 23.3 Å². The Balaban J connectivity index is 1.85. The molecule has 2 amide bonds. The van der Waals surface area contributed by atoms with Gasteiger partial charge in [0.2, 0.25) is 11.8 Å². The van der Waals surface area contributed by atoms with E-state index in [4.69, 9.17) is 4.74 Å². The summed E-state index contributed by atoms with van der Waals surface area (Å²) in [5, 5.41) is 5.36. The van der Waals surface area contributed by atoms with E-state index < -0.39 is 0 Å². The molecule has 0 radical (unpaired) electrons. The molecular formula is C21H26N2O3S. The fraction of sp³-hybridized carbons (Fsp3) is 0.333. The van der Waals surface area contributed by atoms with Crippen LogP contribution in [0.15, 0.2) is 42.5 Å². The van der Waals surface area contributed by atoms with Crippen LogP contribution in [0.3, 0.4) is 0 Å². The Morgan fingerprint density at radius 1 is 1.07 bits per heavy atom. The highest BCUT2D eigenvalue weighted by Crippen LogP contribution is 2.25. The lowest BCUT2D eigenvalue weighted by Gasteiger charge is -2.15. The number of hydrogen-bond acceptors (Lipinski definition) is 4. The quantitative estimate of drug-likeness (QED) is 0.706. The Labute approximate surface area is 164 Å². The van der Waals surface area contributed by atoms with Crippen molar-refractivity contribution in [2.24, 2.45) is 0 Å². The molecule has 2 rings (SSSR count). The average molecular weight is 387 g/mol. The Bertz CT molecular complexity index is 808. The SMILES string of the molecule is CCOc1ccccc1NC(=O)C(C)SCC(=O)Nc1ccc(C)c(C)c1. The molecule has 6 heteroatoms. The molecule has 5 nitrogen and oxygen atoms in total. The number of carbonyl (C=O) groups excluding carboxylic acids is 2. The Hall–Kier alpha value is -2.47. The third-order valence-corrected chi connectivity index (χ3v) is 5.21. The molecule has 0 heterocycles. The summed E-state index contributed by atoms with van der Waals surface area (Å²) in [7, 11) is 0. The van der Waals surface area contributed by atoms with Crippen LogP contribution in [-0.4, -0.2) is 29.4 Å². The highest BCUT2D eigenvalue weighted by molar-refractivity contribution is 8.01. The first-order chi connectivity index (χ1) is 12.9. The molecule has 1 unspecified atom stereocenters. The minimum atomic E-state index is -0.370. The number of aryl methyl sites for hydroxylation is 2. The van der Waals surface area contributed by atoms with Crippen LogP contribution in [0.25, 0.3) is 0 Å². The van der Waals surface area contributed by atoms with Gasteiger partial charge in [-0.25, -0.2) is 0 Å². The second-order valence-electron chi connectivity index (χ2n) is 6.22. The second-order valence-corrected chi connectivity index (χ2v) is 7.55. The summed E-state index contributed by atoms with van der Waals surface area (Å²) in [6, 6.07) is 13.1. The van der Waals surface area contributed by atoms with Crippen molar-refractivity contribution in [3.8, 4) is 5.75 Å². The number of para-hydroxylation sites is 2. The molecule has 0 aromatic heterocycles. The smallest absolute Gasteiger partial charge is 0.237 e. The zero-order valence-electron chi connectivity index (χ0n) is 16.2. The van der Waals surface area contributed by atoms with Crippen LogP contribution in [0.4, 0.5) is 11.4 Å². The number of ether oxygens (including phenoxy) is 1. The summed E-state index contributed by atoms with van der Waals surface area (Å²) >= 11 is 1.29. The molecule has 0 saturated carbocycles. The van der Waals surface area contributed by atoms with Gasteiger partial charge >= 0.3 is 0 Å². The summed E-state index contributed by atoms with van der Waals surface area (Å²) in [6.07, 6.45) is 0. The molecule has 0 aliphatic rings. The number of amides is 2. The number of hydrogen-bond donors (Lipinski definition) is 2. The monoisotopic (exact) mass is 386 g/mol. The lowest BCUT2D eigenvalue weighted by Crippen LogP contribution is -2.25. The third-order valence-electron chi connectivity index (χ3n) is 4.07. The highest BCUT2D eigenvalue weighted by atomic mass is 32.2. The van der Waals surface area contributed by atoms with E-state index in [2.05, 4.69) is 10.6 Å². The molecular weight excluding hydrogens is 360 g/mol. The first-order valence-corrected chi connectivity index (χ1v) is 9.97. The summed E-state index contributed by atoms with van der Waals surface area (Å²) in [4.78, 5) is 24.6. The van der Waals surface area contributed by atoms with Crippen LogP contribution in [-0.2, 0) is 9.59 Å². The zero-order valence-corrected chi connectivity index (χ0v) is 17.0. The minimum Gasteiger partial charge on any atom is -0.492 e. The summed E-state index contributed by atoms with van der Waals surface area (Å²) < 4.78 is 5.51. The first-order valence-electron chi connectivity index (χ1n) is 8.92. The highest BCUT2D eigenvalue weighted by Gasteiger charge is 2.17. The van der Waals surface area contributed by atoms with Crippen molar-refractivity contribution in [1.82, 2.24) is 0 Å². The van der Waals surface area contributed by atoms with E-state index in [9.17, 15) is 9.59 Å². The minimum absolute atomic E-state index is 0.127. The summed E-state index contributed by atoms with van der Waals surface area (Å²) in [6.45, 7) is 8.24. The molecule has 2 N–H and O–H groups in total. The Morgan fingerprint density at radius 2 is 1.81 bits per heavy atom. The van der Waals surface area contributed by atoms with Crippen LogP contribution >= 0.6 is 11.8 Å². The van der Waals surface area contributed by atoms with Gasteiger partial charge in [-0.1, -0.05) is 18.2 Å². The number of carbonyl (C=O) groups is 2. The molecule has 2 aromatic carbocycles. The van der Waals surface area contributed by atoms with E-state index >= 15 is 0 Å². The largest absolute Gasteiger partial charge is 0.492 e. The normalized spacial score (nSPS) is 11.6. The number of thioether (sulfide) groups is 1. The van der Waals surface area contributed by atoms with Crippen molar-refractivity contribution >= 4 is 35.0 Å². The maximum absolute atomic E-state index is 12.4. The van der Waals surface area contributed by atoms with Gasteiger partial charge in [-0.15, -0.1) is 11.8 Å². The second kappa shape index (κ2) is 10.0. The molecule has 27 heavy (non-hydrogen) atoms. The molecule has 2 aromatic rings. The Kier molecular flexibility index (Phi) is 7.73. The molecule has 0 aliphatic heterocycles. The standard InChI is InChI=1S/C21H26N2O3S/c1-5-26-19-9-7-6-8-18(19)23-21(25)16(4)27-13-20(24)22-17-11-10-14(2)15(3)12-17/h6-12,16H,5,13H2,1-4H3,(H,22,24)(H,23,25). The fourth-order valence-electron chi connectivity index (χ4n) is 2.38.